The second-order valence-corrected chi connectivity index (χ2v) is 19.3. The van der Waals surface area contributed by atoms with Crippen molar-refractivity contribution in [3.8, 4) is 81.5 Å². The lowest BCUT2D eigenvalue weighted by molar-refractivity contribution is 0.104. The molecule has 0 atom stereocenters. The second kappa shape index (κ2) is 27.9. The Morgan fingerprint density at radius 3 is 0.971 bits per heavy atom. The maximum absolute atomic E-state index is 14.2. The first-order chi connectivity index (χ1) is 33.7. The van der Waals surface area contributed by atoms with Gasteiger partial charge in [-0.2, -0.15) is 0 Å². The zero-order valence-corrected chi connectivity index (χ0v) is 43.4. The van der Waals surface area contributed by atoms with Crippen LogP contribution in [0, 0.1) is 47.4 Å². The van der Waals surface area contributed by atoms with Gasteiger partial charge in [0.25, 0.3) is 0 Å². The Balaban J connectivity index is 1.46. The molecule has 0 bridgehead atoms. The number of unbranched alkanes of at least 4 members (excludes halogenated alkanes) is 12. The van der Waals surface area contributed by atoms with Gasteiger partial charge in [-0.25, -0.2) is 0 Å². The number of hydrogen-bond donors (Lipinski definition) is 2. The summed E-state index contributed by atoms with van der Waals surface area (Å²) in [4.78, 5) is 14.2. The van der Waals surface area contributed by atoms with E-state index in [0.717, 1.165) is 114 Å². The van der Waals surface area contributed by atoms with Gasteiger partial charge in [0, 0.05) is 46.5 Å². The molecule has 7 nitrogen and oxygen atoms in total. The molecule has 370 valence electrons. The fourth-order valence-corrected chi connectivity index (χ4v) is 7.79. The van der Waals surface area contributed by atoms with Crippen molar-refractivity contribution in [3.05, 3.63) is 105 Å². The van der Waals surface area contributed by atoms with Gasteiger partial charge in [0.2, 0.25) is 0 Å². The van der Waals surface area contributed by atoms with E-state index in [1.165, 1.54) is 0 Å². The monoisotopic (exact) mass is 945 g/mol. The predicted molar refractivity (Wildman–Crippen MR) is 285 cm³/mol. The number of carbonyl (C=O) groups excluding carboxylic acids is 1. The summed E-state index contributed by atoms with van der Waals surface area (Å²) >= 11 is 0. The number of hydrogen-bond acceptors (Lipinski definition) is 7. The highest BCUT2D eigenvalue weighted by atomic mass is 16.5. The van der Waals surface area contributed by atoms with Crippen LogP contribution in [0.2, 0.25) is 0 Å². The molecular weight excluding hydrogens is 869 g/mol. The van der Waals surface area contributed by atoms with Crippen molar-refractivity contribution in [2.45, 2.75) is 169 Å². The quantitative estimate of drug-likeness (QED) is 0.0470. The topological polar surface area (TPSA) is 94.5 Å². The molecule has 0 amide bonds. The molecule has 1 aliphatic carbocycles. The van der Waals surface area contributed by atoms with E-state index in [1.807, 2.05) is 60.7 Å². The van der Waals surface area contributed by atoms with Gasteiger partial charge in [-0.05, 0) is 88.8 Å². The molecule has 0 heterocycles. The third-order valence-corrected chi connectivity index (χ3v) is 11.7. The Morgan fingerprint density at radius 1 is 0.386 bits per heavy atom. The third-order valence-electron chi connectivity index (χ3n) is 11.7. The van der Waals surface area contributed by atoms with Gasteiger partial charge in [0.05, 0.1) is 48.7 Å². The molecular formula is C63H76O7. The smallest absolute Gasteiger partial charge is 0.194 e. The molecule has 4 aromatic carbocycles. The van der Waals surface area contributed by atoms with E-state index >= 15 is 0 Å². The van der Waals surface area contributed by atoms with E-state index in [9.17, 15) is 15.0 Å². The number of aliphatic hydroxyl groups is 2. The highest BCUT2D eigenvalue weighted by Crippen LogP contribution is 2.38. The van der Waals surface area contributed by atoms with Gasteiger partial charge in [-0.3, -0.25) is 4.79 Å². The van der Waals surface area contributed by atoms with Crippen LogP contribution in [0.5, 0.6) is 23.0 Å². The minimum Gasteiger partial charge on any atom is -0.492 e. The predicted octanol–water partition coefficient (Wildman–Crippen LogP) is 13.8. The lowest BCUT2D eigenvalue weighted by atomic mass is 10.0. The average molecular weight is 945 g/mol. The minimum absolute atomic E-state index is 0.0773. The van der Waals surface area contributed by atoms with Crippen molar-refractivity contribution >= 4 is 5.78 Å². The molecule has 0 aromatic heterocycles. The maximum Gasteiger partial charge on any atom is 0.194 e. The molecule has 0 fully saturated rings. The number of fused-ring (bicyclic) bond motifs is 3. The molecule has 0 spiro atoms. The largest absolute Gasteiger partial charge is 0.492 e. The molecule has 0 radical (unpaired) electrons. The van der Waals surface area contributed by atoms with Crippen molar-refractivity contribution < 1.29 is 34.0 Å². The van der Waals surface area contributed by atoms with Crippen LogP contribution in [0.1, 0.15) is 207 Å². The van der Waals surface area contributed by atoms with Crippen molar-refractivity contribution in [2.24, 2.45) is 0 Å². The van der Waals surface area contributed by atoms with Crippen molar-refractivity contribution in [1.29, 1.82) is 0 Å². The summed E-state index contributed by atoms with van der Waals surface area (Å²) in [6.45, 7) is 17.5. The summed E-state index contributed by atoms with van der Waals surface area (Å²) in [5.41, 5.74) is 4.55. The number of ketones is 1. The van der Waals surface area contributed by atoms with Crippen molar-refractivity contribution in [1.82, 2.24) is 0 Å². The van der Waals surface area contributed by atoms with Gasteiger partial charge in [0.1, 0.15) is 34.2 Å². The van der Waals surface area contributed by atoms with Crippen molar-refractivity contribution in [2.75, 3.05) is 26.4 Å². The lowest BCUT2D eigenvalue weighted by Crippen LogP contribution is -2.14. The maximum atomic E-state index is 14.2. The zero-order valence-electron chi connectivity index (χ0n) is 43.4. The lowest BCUT2D eigenvalue weighted by Gasteiger charge is -2.14. The second-order valence-electron chi connectivity index (χ2n) is 19.3. The normalized spacial score (nSPS) is 11.4. The van der Waals surface area contributed by atoms with Crippen molar-refractivity contribution in [3.63, 3.8) is 0 Å². The van der Waals surface area contributed by atoms with E-state index in [2.05, 4.69) is 75.1 Å². The number of benzene rings is 4. The molecule has 0 aliphatic heterocycles. The first-order valence-corrected chi connectivity index (χ1v) is 26.0. The van der Waals surface area contributed by atoms with Gasteiger partial charge in [-0.1, -0.05) is 164 Å². The third kappa shape index (κ3) is 17.7. The zero-order chi connectivity index (χ0) is 50.4. The summed E-state index contributed by atoms with van der Waals surface area (Å²) in [6.07, 6.45) is 17.1. The molecule has 70 heavy (non-hydrogen) atoms. The molecule has 2 N–H and O–H groups in total. The van der Waals surface area contributed by atoms with Crippen LogP contribution in [-0.2, 0) is 0 Å². The highest BCUT2D eigenvalue weighted by molar-refractivity contribution is 6.22. The molecule has 1 aliphatic rings. The van der Waals surface area contributed by atoms with Gasteiger partial charge < -0.3 is 29.2 Å². The fourth-order valence-electron chi connectivity index (χ4n) is 7.79. The molecule has 0 saturated heterocycles. The first kappa shape index (κ1) is 54.8. The number of ether oxygens (including phenoxy) is 4. The SMILES string of the molecule is CCCCCCOc1cc(C#CC(C)(C)O)c(OCCCCCC)cc1C#Cc1ccc2c(c1)C(=O)c1cc(C#Cc3cc(OCCCCCC)c(C#CC(C)(C)O)cc3OCCCCCC)ccc1-2. The molecule has 7 heteroatoms. The minimum atomic E-state index is -1.18. The van der Waals surface area contributed by atoms with Crippen LogP contribution in [0.4, 0.5) is 0 Å². The highest BCUT2D eigenvalue weighted by Gasteiger charge is 2.27. The van der Waals surface area contributed by atoms with E-state index in [0.29, 0.717) is 93.9 Å². The van der Waals surface area contributed by atoms with E-state index in [4.69, 9.17) is 18.9 Å². The molecule has 4 aromatic rings. The Bertz CT molecular complexity index is 2450. The Kier molecular flexibility index (Phi) is 21.9. The van der Waals surface area contributed by atoms with E-state index < -0.39 is 11.2 Å². The van der Waals surface area contributed by atoms with Gasteiger partial charge >= 0.3 is 0 Å². The van der Waals surface area contributed by atoms with Crippen LogP contribution >= 0.6 is 0 Å². The Labute approximate surface area is 420 Å². The van der Waals surface area contributed by atoms with Crippen LogP contribution in [0.3, 0.4) is 0 Å². The molecule has 0 saturated carbocycles. The van der Waals surface area contributed by atoms with Crippen LogP contribution in [0.15, 0.2) is 60.7 Å². The summed E-state index contributed by atoms with van der Waals surface area (Å²) in [6, 6.07) is 19.1. The first-order valence-electron chi connectivity index (χ1n) is 26.0. The average Bonchev–Trinajstić information content (AvgIpc) is 3.60. The Hall–Kier alpha value is -6.09. The Morgan fingerprint density at radius 2 is 0.686 bits per heavy atom. The number of rotatable bonds is 24. The fraction of sp³-hybridized carbons (Fsp3) is 0.476. The summed E-state index contributed by atoms with van der Waals surface area (Å²) < 4.78 is 25.4. The standard InChI is InChI=1S/C63H76O7/c1-9-13-17-21-37-67-57-45-51(33-35-62(5,6)65)59(69-39-23-19-15-11-3)43-49(57)29-25-47-27-31-53-54-32-28-48(42-56(54)61(64)55(53)41-47)26-30-50-44-60(70-40-24-20-16-12-4)52(34-36-63(7,8)66)46-58(50)68-38-22-18-14-10-2/h27-28,31-32,41-46,65-66H,9-24,37-40H2,1-8H3. The summed E-state index contributed by atoms with van der Waals surface area (Å²) in [7, 11) is 0. The number of carbonyl (C=O) groups is 1. The van der Waals surface area contributed by atoms with E-state index in [-0.39, 0.29) is 5.78 Å². The molecule has 0 unspecified atom stereocenters. The van der Waals surface area contributed by atoms with Gasteiger partial charge in [0.15, 0.2) is 5.78 Å². The van der Waals surface area contributed by atoms with Gasteiger partial charge in [-0.15, -0.1) is 0 Å². The summed E-state index contributed by atoms with van der Waals surface area (Å²) in [5.74, 6) is 27.8. The van der Waals surface area contributed by atoms with Crippen LogP contribution in [-0.4, -0.2) is 53.6 Å². The van der Waals surface area contributed by atoms with Crippen LogP contribution in [0.25, 0.3) is 11.1 Å². The van der Waals surface area contributed by atoms with E-state index in [1.54, 1.807) is 27.7 Å². The molecule has 5 rings (SSSR count). The van der Waals surface area contributed by atoms with Crippen LogP contribution < -0.4 is 18.9 Å². The summed E-state index contributed by atoms with van der Waals surface area (Å²) in [5, 5.41) is 20.9.